The van der Waals surface area contributed by atoms with Gasteiger partial charge in [-0.25, -0.2) is 0 Å². The highest BCUT2D eigenvalue weighted by atomic mass is 16.1. The lowest BCUT2D eigenvalue weighted by atomic mass is 10.1. The van der Waals surface area contributed by atoms with Gasteiger partial charge in [0.2, 0.25) is 0 Å². The zero-order valence-electron chi connectivity index (χ0n) is 14.4. The third-order valence-electron chi connectivity index (χ3n) is 3.84. The van der Waals surface area contributed by atoms with Crippen LogP contribution in [0, 0.1) is 18.3 Å². The molecule has 0 atom stereocenters. The highest BCUT2D eigenvalue weighted by Crippen LogP contribution is 2.17. The standard InChI is InChI=1S/C21H18N4O/c1-15-3-2-4-17(9-15)12-24-21(26)18-10-20(14-23-13-18)25-19-7-5-16(11-22)6-8-19/h2-10,13-14,25H,12H2,1H3,(H,24,26). The molecule has 0 fully saturated rings. The fourth-order valence-electron chi connectivity index (χ4n) is 2.53. The molecule has 128 valence electrons. The molecule has 2 N–H and O–H groups in total. The van der Waals surface area contributed by atoms with E-state index in [2.05, 4.69) is 21.7 Å². The number of benzene rings is 2. The van der Waals surface area contributed by atoms with E-state index in [1.165, 1.54) is 6.20 Å². The van der Waals surface area contributed by atoms with Crippen LogP contribution in [0.25, 0.3) is 0 Å². The second-order valence-electron chi connectivity index (χ2n) is 5.95. The van der Waals surface area contributed by atoms with Crippen molar-refractivity contribution < 1.29 is 4.79 Å². The second-order valence-corrected chi connectivity index (χ2v) is 5.95. The maximum atomic E-state index is 12.4. The molecule has 0 aliphatic carbocycles. The zero-order chi connectivity index (χ0) is 18.4. The summed E-state index contributed by atoms with van der Waals surface area (Å²) < 4.78 is 0. The van der Waals surface area contributed by atoms with Gasteiger partial charge in [0.25, 0.3) is 5.91 Å². The van der Waals surface area contributed by atoms with Crippen molar-refractivity contribution in [3.63, 3.8) is 0 Å². The van der Waals surface area contributed by atoms with E-state index in [1.54, 1.807) is 24.4 Å². The van der Waals surface area contributed by atoms with E-state index in [4.69, 9.17) is 5.26 Å². The van der Waals surface area contributed by atoms with Crippen molar-refractivity contribution >= 4 is 17.3 Å². The van der Waals surface area contributed by atoms with Gasteiger partial charge in [0.1, 0.15) is 0 Å². The lowest BCUT2D eigenvalue weighted by Gasteiger charge is -2.09. The number of carbonyl (C=O) groups excluding carboxylic acids is 1. The molecule has 0 saturated heterocycles. The molecule has 1 heterocycles. The fraction of sp³-hybridized carbons (Fsp3) is 0.0952. The number of amides is 1. The van der Waals surface area contributed by atoms with Crippen molar-refractivity contribution in [1.82, 2.24) is 10.3 Å². The van der Waals surface area contributed by atoms with E-state index in [9.17, 15) is 4.79 Å². The summed E-state index contributed by atoms with van der Waals surface area (Å²) in [4.78, 5) is 16.5. The molecule has 0 saturated carbocycles. The van der Waals surface area contributed by atoms with Crippen LogP contribution in [0.1, 0.15) is 27.0 Å². The Morgan fingerprint density at radius 3 is 2.62 bits per heavy atom. The summed E-state index contributed by atoms with van der Waals surface area (Å²) in [5, 5.41) is 14.9. The predicted octanol–water partition coefficient (Wildman–Crippen LogP) is 3.94. The van der Waals surface area contributed by atoms with Crippen molar-refractivity contribution in [3.05, 3.63) is 89.2 Å². The quantitative estimate of drug-likeness (QED) is 0.736. The van der Waals surface area contributed by atoms with Crippen LogP contribution in [0.4, 0.5) is 11.4 Å². The Morgan fingerprint density at radius 1 is 1.08 bits per heavy atom. The van der Waals surface area contributed by atoms with Gasteiger partial charge in [0.15, 0.2) is 0 Å². The number of hydrogen-bond acceptors (Lipinski definition) is 4. The molecule has 0 spiro atoms. The summed E-state index contributed by atoms with van der Waals surface area (Å²) in [5.74, 6) is -0.178. The first-order chi connectivity index (χ1) is 12.6. The molecule has 0 unspecified atom stereocenters. The van der Waals surface area contributed by atoms with Crippen molar-refractivity contribution in [2.45, 2.75) is 13.5 Å². The number of carbonyl (C=O) groups is 1. The summed E-state index contributed by atoms with van der Waals surface area (Å²) in [6.07, 6.45) is 3.19. The molecule has 26 heavy (non-hydrogen) atoms. The number of pyridine rings is 1. The minimum Gasteiger partial charge on any atom is -0.354 e. The van der Waals surface area contributed by atoms with Gasteiger partial charge in [-0.15, -0.1) is 0 Å². The van der Waals surface area contributed by atoms with E-state index < -0.39 is 0 Å². The molecule has 0 aliphatic rings. The monoisotopic (exact) mass is 342 g/mol. The number of nitriles is 1. The smallest absolute Gasteiger partial charge is 0.253 e. The van der Waals surface area contributed by atoms with Crippen LogP contribution in [0.2, 0.25) is 0 Å². The maximum Gasteiger partial charge on any atom is 0.253 e. The first-order valence-corrected chi connectivity index (χ1v) is 8.20. The molecule has 0 aliphatic heterocycles. The van der Waals surface area contributed by atoms with Gasteiger partial charge >= 0.3 is 0 Å². The molecule has 0 bridgehead atoms. The van der Waals surface area contributed by atoms with Gasteiger partial charge in [-0.1, -0.05) is 29.8 Å². The van der Waals surface area contributed by atoms with Crippen molar-refractivity contribution in [2.75, 3.05) is 5.32 Å². The third-order valence-corrected chi connectivity index (χ3v) is 3.84. The molecule has 3 aromatic rings. The van der Waals surface area contributed by atoms with E-state index in [0.717, 1.165) is 16.8 Å². The molecule has 5 nitrogen and oxygen atoms in total. The predicted molar refractivity (Wildman–Crippen MR) is 101 cm³/mol. The molecule has 0 radical (unpaired) electrons. The fourth-order valence-corrected chi connectivity index (χ4v) is 2.53. The minimum atomic E-state index is -0.178. The number of nitrogens with one attached hydrogen (secondary N) is 2. The number of nitrogens with zero attached hydrogens (tertiary/aromatic N) is 2. The van der Waals surface area contributed by atoms with E-state index in [1.807, 2.05) is 43.3 Å². The maximum absolute atomic E-state index is 12.4. The summed E-state index contributed by atoms with van der Waals surface area (Å²) >= 11 is 0. The largest absolute Gasteiger partial charge is 0.354 e. The topological polar surface area (TPSA) is 77.8 Å². The number of aromatic nitrogens is 1. The molecule has 5 heteroatoms. The van der Waals surface area contributed by atoms with Crippen molar-refractivity contribution in [1.29, 1.82) is 5.26 Å². The Balaban J connectivity index is 1.66. The summed E-state index contributed by atoms with van der Waals surface area (Å²) in [6.45, 7) is 2.49. The van der Waals surface area contributed by atoms with Crippen LogP contribution in [0.5, 0.6) is 0 Å². The summed E-state index contributed by atoms with van der Waals surface area (Å²) in [7, 11) is 0. The number of aryl methyl sites for hydroxylation is 1. The molecule has 2 aromatic carbocycles. The lowest BCUT2D eigenvalue weighted by molar-refractivity contribution is 0.0950. The average Bonchev–Trinajstić information content (AvgIpc) is 2.67. The molecule has 3 rings (SSSR count). The van der Waals surface area contributed by atoms with Crippen LogP contribution in [-0.4, -0.2) is 10.9 Å². The molecule has 1 aromatic heterocycles. The SMILES string of the molecule is Cc1cccc(CNC(=O)c2cncc(Nc3ccc(C#N)cc3)c2)c1. The van der Waals surface area contributed by atoms with E-state index in [-0.39, 0.29) is 5.91 Å². The van der Waals surface area contributed by atoms with Crippen LogP contribution < -0.4 is 10.6 Å². The second kappa shape index (κ2) is 7.95. The van der Waals surface area contributed by atoms with Gasteiger partial charge in [-0.2, -0.15) is 5.26 Å². The van der Waals surface area contributed by atoms with Gasteiger partial charge in [0, 0.05) is 18.4 Å². The van der Waals surface area contributed by atoms with Gasteiger partial charge < -0.3 is 10.6 Å². The Labute approximate surface area is 152 Å². The summed E-state index contributed by atoms with van der Waals surface area (Å²) in [6, 6.07) is 18.9. The van der Waals surface area contributed by atoms with Crippen LogP contribution >= 0.6 is 0 Å². The number of anilines is 2. The zero-order valence-corrected chi connectivity index (χ0v) is 14.4. The first-order valence-electron chi connectivity index (χ1n) is 8.20. The average molecular weight is 342 g/mol. The lowest BCUT2D eigenvalue weighted by Crippen LogP contribution is -2.23. The Hall–Kier alpha value is -3.65. The highest BCUT2D eigenvalue weighted by molar-refractivity contribution is 5.94. The highest BCUT2D eigenvalue weighted by Gasteiger charge is 2.07. The van der Waals surface area contributed by atoms with Crippen molar-refractivity contribution in [2.24, 2.45) is 0 Å². The molecular weight excluding hydrogens is 324 g/mol. The van der Waals surface area contributed by atoms with Crippen LogP contribution in [0.15, 0.2) is 67.0 Å². The third kappa shape index (κ3) is 4.46. The molecule has 1 amide bonds. The van der Waals surface area contributed by atoms with Crippen LogP contribution in [-0.2, 0) is 6.54 Å². The summed E-state index contributed by atoms with van der Waals surface area (Å²) in [5.41, 5.74) is 4.82. The minimum absolute atomic E-state index is 0.178. The van der Waals surface area contributed by atoms with E-state index in [0.29, 0.717) is 23.4 Å². The Kier molecular flexibility index (Phi) is 5.25. The molecular formula is C21H18N4O. The number of rotatable bonds is 5. The van der Waals surface area contributed by atoms with Crippen LogP contribution in [0.3, 0.4) is 0 Å². The first kappa shape index (κ1) is 17.2. The Morgan fingerprint density at radius 2 is 1.88 bits per heavy atom. The van der Waals surface area contributed by atoms with Crippen molar-refractivity contribution in [3.8, 4) is 6.07 Å². The number of hydrogen-bond donors (Lipinski definition) is 2. The van der Waals surface area contributed by atoms with E-state index >= 15 is 0 Å². The van der Waals surface area contributed by atoms with Gasteiger partial charge in [-0.3, -0.25) is 9.78 Å². The Bertz CT molecular complexity index is 958. The van der Waals surface area contributed by atoms with Gasteiger partial charge in [0.05, 0.1) is 29.1 Å². The normalized spacial score (nSPS) is 10.0. The van der Waals surface area contributed by atoms with Gasteiger partial charge in [-0.05, 0) is 42.8 Å².